The maximum absolute atomic E-state index is 12.2. The summed E-state index contributed by atoms with van der Waals surface area (Å²) in [6.07, 6.45) is 18.2. The molecule has 1 aromatic rings. The second-order valence-electron chi connectivity index (χ2n) is 14.4. The fourth-order valence-electron chi connectivity index (χ4n) is 10.5. The van der Waals surface area contributed by atoms with Crippen molar-refractivity contribution in [3.63, 3.8) is 0 Å². The van der Waals surface area contributed by atoms with Gasteiger partial charge in [0.15, 0.2) is 0 Å². The van der Waals surface area contributed by atoms with Crippen molar-refractivity contribution in [2.24, 2.45) is 34.5 Å². The number of hydrogen-bond donors (Lipinski definition) is 2. The Morgan fingerprint density at radius 3 is 2.69 bits per heavy atom. The first-order valence-corrected chi connectivity index (χ1v) is 16.6. The number of rotatable bonds is 8. The SMILES string of the molecule is CC[C@H](NC1CCCCC1)c1cccc(OCC[C@]23CCC4C(CCC5CC(=O)CC[C@@]54C)C2CC[C@@H]3O)c1. The first-order valence-electron chi connectivity index (χ1n) is 16.6. The van der Waals surface area contributed by atoms with Crippen LogP contribution in [-0.4, -0.2) is 29.6 Å². The van der Waals surface area contributed by atoms with E-state index < -0.39 is 0 Å². The normalized spacial score (nSPS) is 39.5. The first kappa shape index (κ1) is 27.8. The van der Waals surface area contributed by atoms with E-state index in [0.717, 1.165) is 56.6 Å². The second kappa shape index (κ2) is 11.5. The lowest BCUT2D eigenvalue weighted by molar-refractivity contribution is -0.145. The molecular weight excluding hydrogens is 482 g/mol. The van der Waals surface area contributed by atoms with Crippen molar-refractivity contribution >= 4 is 5.78 Å². The van der Waals surface area contributed by atoms with Gasteiger partial charge in [-0.25, -0.2) is 0 Å². The lowest BCUT2D eigenvalue weighted by atomic mass is 9.44. The van der Waals surface area contributed by atoms with Gasteiger partial charge in [0.05, 0.1) is 12.7 Å². The van der Waals surface area contributed by atoms with Gasteiger partial charge in [-0.1, -0.05) is 45.2 Å². The number of nitrogens with one attached hydrogen (secondary N) is 1. The zero-order valence-electron chi connectivity index (χ0n) is 24.6. The Morgan fingerprint density at radius 1 is 1.03 bits per heavy atom. The number of benzene rings is 1. The molecule has 0 aromatic heterocycles. The molecule has 4 unspecified atom stereocenters. The van der Waals surface area contributed by atoms with Gasteiger partial charge in [0.25, 0.3) is 0 Å². The molecule has 5 aliphatic carbocycles. The van der Waals surface area contributed by atoms with E-state index in [-0.39, 0.29) is 11.5 Å². The highest BCUT2D eigenvalue weighted by Gasteiger charge is 2.61. The fourth-order valence-corrected chi connectivity index (χ4v) is 10.5. The van der Waals surface area contributed by atoms with Gasteiger partial charge in [0, 0.05) is 30.3 Å². The molecule has 6 rings (SSSR count). The second-order valence-corrected chi connectivity index (χ2v) is 14.4. The van der Waals surface area contributed by atoms with E-state index in [1.54, 1.807) is 0 Å². The Balaban J connectivity index is 1.11. The van der Waals surface area contributed by atoms with Crippen molar-refractivity contribution in [2.45, 2.75) is 135 Å². The molecule has 0 heterocycles. The molecule has 4 heteroatoms. The molecule has 216 valence electrons. The van der Waals surface area contributed by atoms with Gasteiger partial charge in [0.1, 0.15) is 11.5 Å². The maximum Gasteiger partial charge on any atom is 0.133 e. The summed E-state index contributed by atoms with van der Waals surface area (Å²) in [7, 11) is 0. The molecule has 0 aliphatic heterocycles. The Hall–Kier alpha value is -1.39. The molecular formula is C35H53NO3. The van der Waals surface area contributed by atoms with Crippen LogP contribution in [0.3, 0.4) is 0 Å². The van der Waals surface area contributed by atoms with E-state index in [1.807, 2.05) is 0 Å². The smallest absolute Gasteiger partial charge is 0.133 e. The molecule has 39 heavy (non-hydrogen) atoms. The molecule has 0 saturated heterocycles. The molecule has 0 amide bonds. The molecule has 5 aliphatic rings. The van der Waals surface area contributed by atoms with Crippen LogP contribution in [-0.2, 0) is 4.79 Å². The van der Waals surface area contributed by atoms with Gasteiger partial charge >= 0.3 is 0 Å². The summed E-state index contributed by atoms with van der Waals surface area (Å²) in [5, 5.41) is 15.3. The van der Waals surface area contributed by atoms with E-state index >= 15 is 0 Å². The number of fused-ring (bicyclic) bond motifs is 5. The molecule has 8 atom stereocenters. The van der Waals surface area contributed by atoms with E-state index in [1.165, 1.54) is 63.4 Å². The number of aliphatic hydroxyl groups is 1. The van der Waals surface area contributed by atoms with Gasteiger partial charge in [-0.3, -0.25) is 4.79 Å². The molecule has 1 aromatic carbocycles. The minimum Gasteiger partial charge on any atom is -0.494 e. The van der Waals surface area contributed by atoms with Gasteiger partial charge < -0.3 is 15.2 Å². The van der Waals surface area contributed by atoms with Gasteiger partial charge in [-0.05, 0) is 117 Å². The Kier molecular flexibility index (Phi) is 8.17. The van der Waals surface area contributed by atoms with Crippen molar-refractivity contribution in [2.75, 3.05) is 6.61 Å². The molecule has 5 fully saturated rings. The van der Waals surface area contributed by atoms with E-state index in [0.29, 0.717) is 47.6 Å². The average molecular weight is 536 g/mol. The summed E-state index contributed by atoms with van der Waals surface area (Å²) >= 11 is 0. The predicted molar refractivity (Wildman–Crippen MR) is 157 cm³/mol. The van der Waals surface area contributed by atoms with Crippen LogP contribution in [0.5, 0.6) is 5.75 Å². The van der Waals surface area contributed by atoms with E-state index in [4.69, 9.17) is 4.74 Å². The Bertz CT molecular complexity index is 1000. The Morgan fingerprint density at radius 2 is 1.87 bits per heavy atom. The van der Waals surface area contributed by atoms with Crippen molar-refractivity contribution in [1.29, 1.82) is 0 Å². The maximum atomic E-state index is 12.2. The Labute approximate surface area is 237 Å². The van der Waals surface area contributed by atoms with Gasteiger partial charge in [-0.2, -0.15) is 0 Å². The quantitative estimate of drug-likeness (QED) is 0.357. The van der Waals surface area contributed by atoms with Crippen molar-refractivity contribution in [3.8, 4) is 5.75 Å². The standard InChI is InChI=1S/C35H53NO3/c1-3-32(36-26-9-5-4-6-10-26)24-8-7-11-28(22-24)39-21-20-35-19-17-30-29(31(35)14-15-33(35)38)13-12-25-23-27(37)16-18-34(25,30)2/h7-8,11,22,25-26,29-33,36,38H,3-6,9-10,12-21,23H2,1-2H3/t25?,29?,30?,31?,32-,33-,34-,35+/m0/s1. The van der Waals surface area contributed by atoms with Crippen LogP contribution >= 0.6 is 0 Å². The van der Waals surface area contributed by atoms with Crippen molar-refractivity contribution in [1.82, 2.24) is 5.32 Å². The molecule has 0 spiro atoms. The van der Waals surface area contributed by atoms with Crippen LogP contribution in [0.1, 0.15) is 128 Å². The van der Waals surface area contributed by atoms with Crippen LogP contribution in [0.15, 0.2) is 24.3 Å². The van der Waals surface area contributed by atoms with Crippen LogP contribution in [0.4, 0.5) is 0 Å². The third kappa shape index (κ3) is 5.23. The topological polar surface area (TPSA) is 58.6 Å². The number of aliphatic hydroxyl groups excluding tert-OH is 1. The lowest BCUT2D eigenvalue weighted by Gasteiger charge is -2.60. The summed E-state index contributed by atoms with van der Waals surface area (Å²) in [5.74, 6) is 4.12. The average Bonchev–Trinajstić information content (AvgIpc) is 3.29. The number of ether oxygens (including phenoxy) is 1. The zero-order valence-corrected chi connectivity index (χ0v) is 24.6. The number of Topliss-reactive ketones (excluding diaryl/α,β-unsaturated/α-hetero) is 1. The molecule has 5 saturated carbocycles. The van der Waals surface area contributed by atoms with Crippen LogP contribution in [0.2, 0.25) is 0 Å². The summed E-state index contributed by atoms with van der Waals surface area (Å²) in [6.45, 7) is 5.49. The highest BCUT2D eigenvalue weighted by molar-refractivity contribution is 5.79. The van der Waals surface area contributed by atoms with Crippen molar-refractivity contribution in [3.05, 3.63) is 29.8 Å². The van der Waals surface area contributed by atoms with Crippen LogP contribution in [0.25, 0.3) is 0 Å². The number of carbonyl (C=O) groups is 1. The number of ketones is 1. The fraction of sp³-hybridized carbons (Fsp3) is 0.800. The third-order valence-corrected chi connectivity index (χ3v) is 12.7. The highest BCUT2D eigenvalue weighted by Crippen LogP contribution is 2.66. The molecule has 0 bridgehead atoms. The third-order valence-electron chi connectivity index (χ3n) is 12.7. The molecule has 2 N–H and O–H groups in total. The minimum atomic E-state index is -0.194. The molecule has 0 radical (unpaired) electrons. The van der Waals surface area contributed by atoms with E-state index in [9.17, 15) is 9.90 Å². The summed E-state index contributed by atoms with van der Waals surface area (Å²) in [5.41, 5.74) is 1.68. The first-order chi connectivity index (χ1) is 18.9. The molecule has 4 nitrogen and oxygen atoms in total. The highest BCUT2D eigenvalue weighted by atomic mass is 16.5. The van der Waals surface area contributed by atoms with Gasteiger partial charge in [-0.15, -0.1) is 0 Å². The summed E-state index contributed by atoms with van der Waals surface area (Å²) < 4.78 is 6.46. The van der Waals surface area contributed by atoms with Gasteiger partial charge in [0.2, 0.25) is 0 Å². The largest absolute Gasteiger partial charge is 0.494 e. The van der Waals surface area contributed by atoms with E-state index in [2.05, 4.69) is 43.4 Å². The van der Waals surface area contributed by atoms with Crippen LogP contribution < -0.4 is 10.1 Å². The van der Waals surface area contributed by atoms with Crippen LogP contribution in [0, 0.1) is 34.5 Å². The summed E-state index contributed by atoms with van der Waals surface area (Å²) in [4.78, 5) is 12.2. The predicted octanol–water partition coefficient (Wildman–Crippen LogP) is 7.78. The lowest BCUT2D eigenvalue weighted by Crippen LogP contribution is -2.55. The monoisotopic (exact) mass is 535 g/mol. The number of carbonyl (C=O) groups excluding carboxylic acids is 1. The number of hydrogen-bond acceptors (Lipinski definition) is 4. The van der Waals surface area contributed by atoms with Crippen molar-refractivity contribution < 1.29 is 14.6 Å². The minimum absolute atomic E-state index is 0.0148. The summed E-state index contributed by atoms with van der Waals surface area (Å²) in [6, 6.07) is 9.81. The zero-order chi connectivity index (χ0) is 27.0.